The zero-order valence-corrected chi connectivity index (χ0v) is 23.9. The zero-order valence-electron chi connectivity index (χ0n) is 22.2. The summed E-state index contributed by atoms with van der Waals surface area (Å²) < 4.78 is 48.1. The molecule has 2 aliphatic rings. The average molecular weight is 595 g/mol. The molecule has 0 spiro atoms. The number of nitrogens with one attached hydrogen (secondary N) is 2. The van der Waals surface area contributed by atoms with Gasteiger partial charge in [0.1, 0.15) is 5.69 Å². The molecule has 40 heavy (non-hydrogen) atoms. The van der Waals surface area contributed by atoms with Crippen molar-refractivity contribution in [2.45, 2.75) is 60.0 Å². The number of thioether (sulfide) groups is 1. The van der Waals surface area contributed by atoms with Crippen LogP contribution in [0.15, 0.2) is 58.3 Å². The fourth-order valence-electron chi connectivity index (χ4n) is 4.86. The lowest BCUT2D eigenvalue weighted by molar-refractivity contribution is -0.384. The molecule has 1 aliphatic carbocycles. The van der Waals surface area contributed by atoms with Crippen molar-refractivity contribution in [1.82, 2.24) is 9.62 Å². The molecular weight excluding hydrogens is 559 g/mol. The number of nitrogens with zero attached hydrogens (tertiary/aromatic N) is 2. The van der Waals surface area contributed by atoms with Crippen molar-refractivity contribution in [1.29, 1.82) is 0 Å². The van der Waals surface area contributed by atoms with Gasteiger partial charge in [0.15, 0.2) is 5.67 Å². The lowest BCUT2D eigenvalue weighted by atomic mass is 9.86. The Morgan fingerprint density at radius 3 is 2.50 bits per heavy atom. The highest BCUT2D eigenvalue weighted by atomic mass is 32.2. The van der Waals surface area contributed by atoms with E-state index in [2.05, 4.69) is 10.2 Å². The van der Waals surface area contributed by atoms with E-state index in [0.29, 0.717) is 38.2 Å². The van der Waals surface area contributed by atoms with Gasteiger partial charge in [-0.1, -0.05) is 24.6 Å². The van der Waals surface area contributed by atoms with Crippen molar-refractivity contribution in [3.63, 3.8) is 0 Å². The summed E-state index contributed by atoms with van der Waals surface area (Å²) in [5.74, 6) is -0.599. The van der Waals surface area contributed by atoms with Crippen molar-refractivity contribution in [3.8, 4) is 0 Å². The van der Waals surface area contributed by atoms with E-state index in [1.807, 2.05) is 30.3 Å². The van der Waals surface area contributed by atoms with Crippen LogP contribution in [-0.2, 0) is 19.6 Å². The minimum Gasteiger partial charge on any atom is -0.379 e. The van der Waals surface area contributed by atoms with Crippen LogP contribution in [0, 0.1) is 10.1 Å². The Kier molecular flexibility index (Phi) is 10.4. The monoisotopic (exact) mass is 594 g/mol. The van der Waals surface area contributed by atoms with Crippen LogP contribution in [0.4, 0.5) is 15.8 Å². The summed E-state index contributed by atoms with van der Waals surface area (Å²) in [5.41, 5.74) is -2.53. The molecule has 1 amide bonds. The van der Waals surface area contributed by atoms with Crippen molar-refractivity contribution >= 4 is 39.1 Å². The molecule has 0 unspecified atom stereocenters. The van der Waals surface area contributed by atoms with Crippen LogP contribution >= 0.6 is 11.8 Å². The summed E-state index contributed by atoms with van der Waals surface area (Å²) in [6.45, 7) is 3.73. The van der Waals surface area contributed by atoms with E-state index in [1.165, 1.54) is 12.1 Å². The number of ether oxygens (including phenoxy) is 1. The highest BCUT2D eigenvalue weighted by molar-refractivity contribution is 7.99. The lowest BCUT2D eigenvalue weighted by Crippen LogP contribution is -2.46. The Labute approximate surface area is 238 Å². The third-order valence-electron chi connectivity index (χ3n) is 7.21. The second kappa shape index (κ2) is 13.7. The molecule has 0 radical (unpaired) electrons. The molecule has 1 heterocycles. The summed E-state index contributed by atoms with van der Waals surface area (Å²) in [6, 6.07) is 13.1. The largest absolute Gasteiger partial charge is 0.379 e. The van der Waals surface area contributed by atoms with E-state index in [0.717, 1.165) is 37.0 Å². The van der Waals surface area contributed by atoms with Gasteiger partial charge in [-0.15, -0.1) is 11.8 Å². The van der Waals surface area contributed by atoms with Crippen molar-refractivity contribution in [2.75, 3.05) is 43.9 Å². The molecule has 13 heteroatoms. The van der Waals surface area contributed by atoms with Crippen molar-refractivity contribution in [3.05, 3.63) is 58.6 Å². The first-order chi connectivity index (χ1) is 19.2. The topological polar surface area (TPSA) is 131 Å². The predicted molar refractivity (Wildman–Crippen MR) is 152 cm³/mol. The first-order valence-corrected chi connectivity index (χ1v) is 15.9. The standard InChI is InChI=1S/C27H35FN4O6S2/c28-27(12-5-2-6-13-27)26(33)30-40(36,37)23-9-10-24(25(19-23)32(34)35)29-21(11-14-31-15-17-38-18-16-31)20-39-22-7-3-1-4-8-22/h1,3-4,7-10,19,21,29H,2,5-6,11-18,20H2,(H,30,33)/t21-/m1/s1. The van der Waals surface area contributed by atoms with Crippen molar-refractivity contribution in [2.24, 2.45) is 0 Å². The molecular formula is C27H35FN4O6S2. The van der Waals surface area contributed by atoms with Crippen LogP contribution in [-0.4, -0.2) is 74.5 Å². The maximum Gasteiger partial charge on any atom is 0.293 e. The molecule has 2 aromatic rings. The van der Waals surface area contributed by atoms with E-state index in [-0.39, 0.29) is 24.6 Å². The summed E-state index contributed by atoms with van der Waals surface area (Å²) in [4.78, 5) is 26.7. The lowest BCUT2D eigenvalue weighted by Gasteiger charge is -2.29. The number of anilines is 1. The second-order valence-corrected chi connectivity index (χ2v) is 12.9. The molecule has 0 aromatic heterocycles. The number of sulfonamides is 1. The Hall–Kier alpha value is -2.74. The first-order valence-electron chi connectivity index (χ1n) is 13.5. The molecule has 1 aliphatic heterocycles. The third kappa shape index (κ3) is 8.15. The number of halogens is 1. The molecule has 1 atom stereocenters. The highest BCUT2D eigenvalue weighted by Gasteiger charge is 2.41. The normalized spacial score (nSPS) is 18.5. The SMILES string of the molecule is O=C(NS(=O)(=O)c1ccc(N[C@H](CCN2CCOCC2)CSc2ccccc2)c([N+](=O)[O-])c1)C1(F)CCCCC1. The van der Waals surface area contributed by atoms with Crippen molar-refractivity contribution < 1.29 is 27.3 Å². The van der Waals surface area contributed by atoms with Gasteiger partial charge < -0.3 is 10.1 Å². The molecule has 10 nitrogen and oxygen atoms in total. The molecule has 2 N–H and O–H groups in total. The van der Waals surface area contributed by atoms with Crippen LogP contribution in [0.5, 0.6) is 0 Å². The summed E-state index contributed by atoms with van der Waals surface area (Å²) in [6.07, 6.45) is 2.36. The Bertz CT molecular complexity index is 1270. The molecule has 4 rings (SSSR count). The predicted octanol–water partition coefficient (Wildman–Crippen LogP) is 4.37. The fourth-order valence-corrected chi connectivity index (χ4v) is 6.91. The summed E-state index contributed by atoms with van der Waals surface area (Å²) in [7, 11) is -4.51. The van der Waals surface area contributed by atoms with Gasteiger partial charge in [-0.2, -0.15) is 0 Å². The molecule has 1 saturated carbocycles. The van der Waals surface area contributed by atoms with Crippen LogP contribution < -0.4 is 10.0 Å². The Morgan fingerprint density at radius 2 is 1.82 bits per heavy atom. The minimum atomic E-state index is -4.51. The van der Waals surface area contributed by atoms with Gasteiger partial charge in [0, 0.05) is 42.4 Å². The first kappa shape index (κ1) is 30.2. The number of alkyl halides is 1. The van der Waals surface area contributed by atoms with E-state index in [4.69, 9.17) is 4.74 Å². The van der Waals surface area contributed by atoms with E-state index in [9.17, 15) is 23.3 Å². The second-order valence-electron chi connectivity index (χ2n) is 10.1. The molecule has 1 saturated heterocycles. The Balaban J connectivity index is 1.50. The van der Waals surface area contributed by atoms with E-state index < -0.39 is 37.1 Å². The maximum absolute atomic E-state index is 15.0. The van der Waals surface area contributed by atoms with E-state index >= 15 is 4.39 Å². The van der Waals surface area contributed by atoms with Gasteiger partial charge in [-0.25, -0.2) is 17.5 Å². The fraction of sp³-hybridized carbons (Fsp3) is 0.519. The number of carbonyl (C=O) groups excluding carboxylic acids is 1. The summed E-state index contributed by atoms with van der Waals surface area (Å²) >= 11 is 1.62. The number of benzene rings is 2. The molecule has 0 bridgehead atoms. The summed E-state index contributed by atoms with van der Waals surface area (Å²) in [5, 5.41) is 15.2. The van der Waals surface area contributed by atoms with Crippen LogP contribution in [0.3, 0.4) is 0 Å². The number of nitro groups is 1. The molecule has 218 valence electrons. The number of hydrogen-bond donors (Lipinski definition) is 2. The number of nitro benzene ring substituents is 1. The van der Waals surface area contributed by atoms with E-state index in [1.54, 1.807) is 16.5 Å². The molecule has 2 aromatic carbocycles. The minimum absolute atomic E-state index is 0.0514. The van der Waals surface area contributed by atoms with Gasteiger partial charge in [0.05, 0.1) is 23.0 Å². The number of morpholine rings is 1. The van der Waals surface area contributed by atoms with Gasteiger partial charge in [0.25, 0.3) is 21.6 Å². The van der Waals surface area contributed by atoms with Gasteiger partial charge in [-0.3, -0.25) is 19.8 Å². The van der Waals surface area contributed by atoms with Gasteiger partial charge in [0.2, 0.25) is 0 Å². The number of carbonyl (C=O) groups is 1. The zero-order chi connectivity index (χ0) is 28.6. The quantitative estimate of drug-likeness (QED) is 0.209. The van der Waals surface area contributed by atoms with Crippen LogP contribution in [0.1, 0.15) is 38.5 Å². The van der Waals surface area contributed by atoms with Gasteiger partial charge in [-0.05, 0) is 56.4 Å². The number of amides is 1. The number of hydrogen-bond acceptors (Lipinski definition) is 9. The smallest absolute Gasteiger partial charge is 0.293 e. The van der Waals surface area contributed by atoms with Crippen LogP contribution in [0.2, 0.25) is 0 Å². The van der Waals surface area contributed by atoms with Crippen LogP contribution in [0.25, 0.3) is 0 Å². The highest BCUT2D eigenvalue weighted by Crippen LogP contribution is 2.33. The number of rotatable bonds is 12. The van der Waals surface area contributed by atoms with Gasteiger partial charge >= 0.3 is 0 Å². The third-order valence-corrected chi connectivity index (χ3v) is 9.71. The average Bonchev–Trinajstić information content (AvgIpc) is 2.95. The Morgan fingerprint density at radius 1 is 1.12 bits per heavy atom. The maximum atomic E-state index is 15.0. The molecule has 2 fully saturated rings.